The monoisotopic (exact) mass is 281 g/mol. The molecule has 0 aliphatic rings. The van der Waals surface area contributed by atoms with Crippen molar-refractivity contribution in [2.75, 3.05) is 0 Å². The van der Waals surface area contributed by atoms with Gasteiger partial charge in [-0.05, 0) is 36.4 Å². The zero-order valence-corrected chi connectivity index (χ0v) is 12.0. The van der Waals surface area contributed by atoms with Crippen LogP contribution in [-0.4, -0.2) is 10.1 Å². The van der Waals surface area contributed by atoms with E-state index in [1.54, 1.807) is 12.4 Å². The molecule has 1 aromatic heterocycles. The number of aromatic nitrogens is 1. The molecule has 2 aromatic carbocycles. The average molecular weight is 281 g/mol. The molecule has 0 aliphatic heterocycles. The number of aliphatic hydroxyl groups is 1. The van der Waals surface area contributed by atoms with Crippen molar-refractivity contribution >= 4 is 10.8 Å². The molecule has 0 radical (unpaired) electrons. The summed E-state index contributed by atoms with van der Waals surface area (Å²) in [4.78, 5) is 4.15. The highest BCUT2D eigenvalue weighted by molar-refractivity contribution is 5.85. The van der Waals surface area contributed by atoms with Crippen molar-refractivity contribution in [3.8, 4) is 0 Å². The third-order valence-electron chi connectivity index (χ3n) is 3.75. The smallest absolute Gasteiger partial charge is 0.129 e. The molecule has 1 heterocycles. The number of halogens is 1. The molecule has 0 spiro atoms. The molecule has 1 atom stereocenters. The quantitative estimate of drug-likeness (QED) is 0.768. The second-order valence-electron chi connectivity index (χ2n) is 5.33. The molecular formula is C18H16FNO. The second kappa shape index (κ2) is 5.26. The predicted molar refractivity (Wildman–Crippen MR) is 81.7 cm³/mol. The van der Waals surface area contributed by atoms with E-state index in [2.05, 4.69) is 4.98 Å². The summed E-state index contributed by atoms with van der Waals surface area (Å²) in [7, 11) is 0. The lowest BCUT2D eigenvalue weighted by molar-refractivity contribution is 0.215. The van der Waals surface area contributed by atoms with E-state index in [4.69, 9.17) is 0 Å². The Bertz CT molecular complexity index is 785. The van der Waals surface area contributed by atoms with Crippen LogP contribution in [0.25, 0.3) is 10.8 Å². The van der Waals surface area contributed by atoms with Gasteiger partial charge in [-0.15, -0.1) is 0 Å². The standard InChI is InChI=1S/C18H16FNO/c1-11-7-12(2)17(16(19)8-11)18(21)15-10-20-9-13-5-3-4-6-14(13)15/h3-10,18,21H,1-2H3. The highest BCUT2D eigenvalue weighted by Gasteiger charge is 2.20. The zero-order chi connectivity index (χ0) is 15.0. The highest BCUT2D eigenvalue weighted by Crippen LogP contribution is 2.31. The number of aryl methyl sites for hydroxylation is 2. The van der Waals surface area contributed by atoms with Gasteiger partial charge in [0, 0.05) is 28.9 Å². The molecule has 0 aliphatic carbocycles. The Morgan fingerprint density at radius 3 is 2.62 bits per heavy atom. The van der Waals surface area contributed by atoms with Crippen molar-refractivity contribution in [3.05, 3.63) is 76.9 Å². The second-order valence-corrected chi connectivity index (χ2v) is 5.33. The van der Waals surface area contributed by atoms with Crippen LogP contribution < -0.4 is 0 Å². The maximum atomic E-state index is 14.3. The SMILES string of the molecule is Cc1cc(C)c(C(O)c2cncc3ccccc23)c(F)c1. The van der Waals surface area contributed by atoms with Gasteiger partial charge in [-0.25, -0.2) is 4.39 Å². The molecule has 3 rings (SSSR count). The number of hydrogen-bond donors (Lipinski definition) is 1. The normalized spacial score (nSPS) is 12.6. The summed E-state index contributed by atoms with van der Waals surface area (Å²) >= 11 is 0. The van der Waals surface area contributed by atoms with Crippen LogP contribution in [0, 0.1) is 19.7 Å². The molecule has 0 fully saturated rings. The molecule has 1 unspecified atom stereocenters. The van der Waals surface area contributed by atoms with Gasteiger partial charge in [0.25, 0.3) is 0 Å². The predicted octanol–water partition coefficient (Wildman–Crippen LogP) is 4.07. The topological polar surface area (TPSA) is 33.1 Å². The van der Waals surface area contributed by atoms with Gasteiger partial charge in [-0.3, -0.25) is 4.98 Å². The Kier molecular flexibility index (Phi) is 3.43. The van der Waals surface area contributed by atoms with Gasteiger partial charge in [-0.1, -0.05) is 30.3 Å². The van der Waals surface area contributed by atoms with E-state index in [1.165, 1.54) is 6.07 Å². The molecule has 106 valence electrons. The molecule has 1 N–H and O–H groups in total. The van der Waals surface area contributed by atoms with Gasteiger partial charge in [0.15, 0.2) is 0 Å². The molecule has 0 saturated heterocycles. The summed E-state index contributed by atoms with van der Waals surface area (Å²) in [5.74, 6) is -0.382. The van der Waals surface area contributed by atoms with E-state index < -0.39 is 6.10 Å². The van der Waals surface area contributed by atoms with Gasteiger partial charge >= 0.3 is 0 Å². The van der Waals surface area contributed by atoms with E-state index in [0.29, 0.717) is 11.1 Å². The van der Waals surface area contributed by atoms with Crippen molar-refractivity contribution in [3.63, 3.8) is 0 Å². The van der Waals surface area contributed by atoms with Crippen LogP contribution in [0.5, 0.6) is 0 Å². The van der Waals surface area contributed by atoms with Gasteiger partial charge in [0.05, 0.1) is 0 Å². The highest BCUT2D eigenvalue weighted by atomic mass is 19.1. The summed E-state index contributed by atoms with van der Waals surface area (Å²) in [5, 5.41) is 12.5. The first-order valence-corrected chi connectivity index (χ1v) is 6.85. The zero-order valence-electron chi connectivity index (χ0n) is 12.0. The minimum Gasteiger partial charge on any atom is -0.383 e. The number of pyridine rings is 1. The van der Waals surface area contributed by atoms with Crippen LogP contribution in [-0.2, 0) is 0 Å². The van der Waals surface area contributed by atoms with Crippen LogP contribution in [0.1, 0.15) is 28.4 Å². The first kappa shape index (κ1) is 13.7. The van der Waals surface area contributed by atoms with E-state index in [9.17, 15) is 9.50 Å². The number of fused-ring (bicyclic) bond motifs is 1. The molecule has 3 heteroatoms. The van der Waals surface area contributed by atoms with E-state index in [-0.39, 0.29) is 5.82 Å². The fourth-order valence-electron chi connectivity index (χ4n) is 2.79. The Balaban J connectivity index is 2.20. The van der Waals surface area contributed by atoms with Gasteiger partial charge in [0.2, 0.25) is 0 Å². The van der Waals surface area contributed by atoms with Gasteiger partial charge < -0.3 is 5.11 Å². The average Bonchev–Trinajstić information content (AvgIpc) is 2.45. The lowest BCUT2D eigenvalue weighted by Crippen LogP contribution is -2.07. The van der Waals surface area contributed by atoms with Crippen LogP contribution in [0.2, 0.25) is 0 Å². The van der Waals surface area contributed by atoms with E-state index in [1.807, 2.05) is 44.2 Å². The minimum atomic E-state index is -1.02. The third kappa shape index (κ3) is 2.41. The Labute approximate surface area is 122 Å². The molecular weight excluding hydrogens is 265 g/mol. The molecule has 2 nitrogen and oxygen atoms in total. The first-order chi connectivity index (χ1) is 10.1. The fourth-order valence-corrected chi connectivity index (χ4v) is 2.79. The number of benzene rings is 2. The number of rotatable bonds is 2. The lowest BCUT2D eigenvalue weighted by atomic mass is 9.93. The third-order valence-corrected chi connectivity index (χ3v) is 3.75. The maximum Gasteiger partial charge on any atom is 0.129 e. The van der Waals surface area contributed by atoms with E-state index in [0.717, 1.165) is 21.9 Å². The summed E-state index contributed by atoms with van der Waals surface area (Å²) in [6.45, 7) is 3.65. The summed E-state index contributed by atoms with van der Waals surface area (Å²) in [6, 6.07) is 11.0. The van der Waals surface area contributed by atoms with Crippen molar-refractivity contribution in [2.45, 2.75) is 20.0 Å². The number of nitrogens with zero attached hydrogens (tertiary/aromatic N) is 1. The molecule has 0 saturated carbocycles. The largest absolute Gasteiger partial charge is 0.383 e. The van der Waals surface area contributed by atoms with Crippen molar-refractivity contribution in [1.29, 1.82) is 0 Å². The summed E-state index contributed by atoms with van der Waals surface area (Å²) in [5.41, 5.74) is 2.53. The van der Waals surface area contributed by atoms with Crippen LogP contribution in [0.15, 0.2) is 48.8 Å². The van der Waals surface area contributed by atoms with E-state index >= 15 is 0 Å². The molecule has 0 amide bonds. The Morgan fingerprint density at radius 1 is 1.10 bits per heavy atom. The van der Waals surface area contributed by atoms with Gasteiger partial charge in [0.1, 0.15) is 11.9 Å². The Morgan fingerprint density at radius 2 is 1.86 bits per heavy atom. The lowest BCUT2D eigenvalue weighted by Gasteiger charge is -2.17. The summed E-state index contributed by atoms with van der Waals surface area (Å²) < 4.78 is 14.3. The van der Waals surface area contributed by atoms with Crippen molar-refractivity contribution in [2.24, 2.45) is 0 Å². The summed E-state index contributed by atoms with van der Waals surface area (Å²) in [6.07, 6.45) is 2.32. The van der Waals surface area contributed by atoms with Gasteiger partial charge in [-0.2, -0.15) is 0 Å². The molecule has 3 aromatic rings. The van der Waals surface area contributed by atoms with Crippen molar-refractivity contribution in [1.82, 2.24) is 4.98 Å². The number of hydrogen-bond acceptors (Lipinski definition) is 2. The van der Waals surface area contributed by atoms with Crippen LogP contribution in [0.4, 0.5) is 4.39 Å². The van der Waals surface area contributed by atoms with Crippen LogP contribution >= 0.6 is 0 Å². The minimum absolute atomic E-state index is 0.318. The maximum absolute atomic E-state index is 14.3. The Hall–Kier alpha value is -2.26. The fraction of sp³-hybridized carbons (Fsp3) is 0.167. The first-order valence-electron chi connectivity index (χ1n) is 6.85. The van der Waals surface area contributed by atoms with Crippen molar-refractivity contribution < 1.29 is 9.50 Å². The number of aliphatic hydroxyl groups excluding tert-OH is 1. The van der Waals surface area contributed by atoms with Crippen LogP contribution in [0.3, 0.4) is 0 Å². The molecule has 21 heavy (non-hydrogen) atoms. The molecule has 0 bridgehead atoms.